The number of unbranched alkanes of at least 4 members (excludes halogenated alkanes) is 1. The number of aryl methyl sites for hydroxylation is 1. The van der Waals surface area contributed by atoms with E-state index in [1.165, 1.54) is 11.3 Å². The van der Waals surface area contributed by atoms with Gasteiger partial charge in [0.05, 0.1) is 18.2 Å². The van der Waals surface area contributed by atoms with E-state index in [0.29, 0.717) is 23.6 Å². The number of amides is 1. The summed E-state index contributed by atoms with van der Waals surface area (Å²) in [5.41, 5.74) is 7.14. The minimum atomic E-state index is -0.553. The molecule has 1 atom stereocenters. The first-order chi connectivity index (χ1) is 9.92. The molecule has 0 spiro atoms. The van der Waals surface area contributed by atoms with Crippen molar-refractivity contribution in [2.75, 3.05) is 11.9 Å². The van der Waals surface area contributed by atoms with E-state index in [-0.39, 0.29) is 5.91 Å². The van der Waals surface area contributed by atoms with Crippen molar-refractivity contribution < 1.29 is 14.3 Å². The average molecular weight is 312 g/mol. The van der Waals surface area contributed by atoms with Gasteiger partial charge in [-0.05, 0) is 32.8 Å². The summed E-state index contributed by atoms with van der Waals surface area (Å²) in [6.07, 6.45) is 2.54. The van der Waals surface area contributed by atoms with Crippen molar-refractivity contribution in [1.82, 2.24) is 0 Å². The van der Waals surface area contributed by atoms with E-state index >= 15 is 0 Å². The molecule has 0 aromatic carbocycles. The van der Waals surface area contributed by atoms with E-state index in [1.54, 1.807) is 6.92 Å². The van der Waals surface area contributed by atoms with E-state index in [2.05, 4.69) is 12.2 Å². The van der Waals surface area contributed by atoms with Crippen LogP contribution >= 0.6 is 11.3 Å². The van der Waals surface area contributed by atoms with Crippen LogP contribution in [0, 0.1) is 13.8 Å². The molecule has 6 heteroatoms. The van der Waals surface area contributed by atoms with Crippen molar-refractivity contribution in [2.24, 2.45) is 5.73 Å². The van der Waals surface area contributed by atoms with Gasteiger partial charge in [0.15, 0.2) is 0 Å². The van der Waals surface area contributed by atoms with Crippen molar-refractivity contribution in [1.29, 1.82) is 0 Å². The van der Waals surface area contributed by atoms with Crippen LogP contribution < -0.4 is 11.1 Å². The van der Waals surface area contributed by atoms with Gasteiger partial charge in [-0.25, -0.2) is 4.79 Å². The summed E-state index contributed by atoms with van der Waals surface area (Å²) in [4.78, 5) is 25.1. The van der Waals surface area contributed by atoms with Gasteiger partial charge in [0.25, 0.3) is 0 Å². The van der Waals surface area contributed by atoms with Gasteiger partial charge in [-0.2, -0.15) is 0 Å². The second-order valence-electron chi connectivity index (χ2n) is 4.95. The SMILES string of the molecule is CCCC[C@H](N)C(=O)Nc1sc(C)c(C)c1C(=O)OCC. The lowest BCUT2D eigenvalue weighted by Crippen LogP contribution is -2.35. The van der Waals surface area contributed by atoms with Crippen LogP contribution in [0.2, 0.25) is 0 Å². The maximum atomic E-state index is 12.1. The molecular weight excluding hydrogens is 288 g/mol. The number of nitrogens with two attached hydrogens (primary N) is 1. The number of thiophene rings is 1. The number of rotatable bonds is 7. The van der Waals surface area contributed by atoms with Crippen LogP contribution in [0.1, 0.15) is 53.9 Å². The van der Waals surface area contributed by atoms with Gasteiger partial charge in [0, 0.05) is 4.88 Å². The zero-order valence-electron chi connectivity index (χ0n) is 13.1. The van der Waals surface area contributed by atoms with Gasteiger partial charge in [0.1, 0.15) is 5.00 Å². The summed E-state index contributed by atoms with van der Waals surface area (Å²) in [6, 6.07) is -0.553. The number of nitrogens with one attached hydrogen (secondary N) is 1. The highest BCUT2D eigenvalue weighted by Gasteiger charge is 2.23. The third-order valence-electron chi connectivity index (χ3n) is 3.31. The topological polar surface area (TPSA) is 81.4 Å². The van der Waals surface area contributed by atoms with E-state index in [4.69, 9.17) is 10.5 Å². The third kappa shape index (κ3) is 4.54. The maximum Gasteiger partial charge on any atom is 0.341 e. The minimum Gasteiger partial charge on any atom is -0.462 e. The molecule has 0 aliphatic rings. The minimum absolute atomic E-state index is 0.254. The molecule has 1 rings (SSSR count). The van der Waals surface area contributed by atoms with Crippen LogP contribution in [0.4, 0.5) is 5.00 Å². The Labute approximate surface area is 129 Å². The predicted molar refractivity (Wildman–Crippen MR) is 85.9 cm³/mol. The maximum absolute atomic E-state index is 12.1. The van der Waals surface area contributed by atoms with Crippen LogP contribution in [-0.4, -0.2) is 24.5 Å². The Kier molecular flexibility index (Phi) is 6.84. The Morgan fingerprint density at radius 3 is 2.57 bits per heavy atom. The van der Waals surface area contributed by atoms with Crippen molar-refractivity contribution >= 4 is 28.2 Å². The highest BCUT2D eigenvalue weighted by molar-refractivity contribution is 7.16. The molecule has 0 aliphatic heterocycles. The molecule has 1 amide bonds. The fourth-order valence-electron chi connectivity index (χ4n) is 1.92. The van der Waals surface area contributed by atoms with Crippen LogP contribution in [-0.2, 0) is 9.53 Å². The zero-order chi connectivity index (χ0) is 16.0. The van der Waals surface area contributed by atoms with Crippen molar-refractivity contribution in [3.63, 3.8) is 0 Å². The van der Waals surface area contributed by atoms with Crippen LogP contribution in [0.5, 0.6) is 0 Å². The fourth-order valence-corrected chi connectivity index (χ4v) is 2.98. The average Bonchev–Trinajstić information content (AvgIpc) is 2.71. The standard InChI is InChI=1S/C15H24N2O3S/c1-5-7-8-11(16)13(18)17-14-12(15(19)20-6-2)9(3)10(4)21-14/h11H,5-8,16H2,1-4H3,(H,17,18)/t11-/m0/s1. The lowest BCUT2D eigenvalue weighted by atomic mass is 10.1. The summed E-state index contributed by atoms with van der Waals surface area (Å²) in [6.45, 7) is 7.87. The Balaban J connectivity index is 2.90. The lowest BCUT2D eigenvalue weighted by molar-refractivity contribution is -0.117. The molecule has 0 bridgehead atoms. The van der Waals surface area contributed by atoms with Gasteiger partial charge >= 0.3 is 5.97 Å². The molecule has 0 aliphatic carbocycles. The first-order valence-electron chi connectivity index (χ1n) is 7.25. The molecule has 0 radical (unpaired) electrons. The summed E-state index contributed by atoms with van der Waals surface area (Å²) in [5.74, 6) is -0.660. The summed E-state index contributed by atoms with van der Waals surface area (Å²) >= 11 is 1.38. The monoisotopic (exact) mass is 312 g/mol. The number of hydrogen-bond donors (Lipinski definition) is 2. The van der Waals surface area contributed by atoms with Crippen LogP contribution in [0.15, 0.2) is 0 Å². The molecular formula is C15H24N2O3S. The summed E-state index contributed by atoms with van der Waals surface area (Å²) in [5, 5.41) is 3.30. The number of carbonyl (C=O) groups is 2. The van der Waals surface area contributed by atoms with Gasteiger partial charge in [-0.1, -0.05) is 19.8 Å². The van der Waals surface area contributed by atoms with Gasteiger partial charge in [-0.15, -0.1) is 11.3 Å². The molecule has 0 unspecified atom stereocenters. The first kappa shape index (κ1) is 17.7. The van der Waals surface area contributed by atoms with Crippen LogP contribution in [0.3, 0.4) is 0 Å². The molecule has 0 fully saturated rings. The smallest absolute Gasteiger partial charge is 0.341 e. The molecule has 1 aromatic heterocycles. The highest BCUT2D eigenvalue weighted by Crippen LogP contribution is 2.33. The molecule has 21 heavy (non-hydrogen) atoms. The van der Waals surface area contributed by atoms with Gasteiger partial charge in [0.2, 0.25) is 5.91 Å². The van der Waals surface area contributed by atoms with E-state index in [9.17, 15) is 9.59 Å². The summed E-state index contributed by atoms with van der Waals surface area (Å²) in [7, 11) is 0. The quantitative estimate of drug-likeness (QED) is 0.758. The molecule has 1 heterocycles. The number of carbonyl (C=O) groups excluding carboxylic acids is 2. The Morgan fingerprint density at radius 2 is 2.00 bits per heavy atom. The fraction of sp³-hybridized carbons (Fsp3) is 0.600. The largest absolute Gasteiger partial charge is 0.462 e. The molecule has 118 valence electrons. The molecule has 3 N–H and O–H groups in total. The van der Waals surface area contributed by atoms with Crippen molar-refractivity contribution in [2.45, 2.75) is 53.0 Å². The molecule has 0 saturated carbocycles. The van der Waals surface area contributed by atoms with E-state index in [1.807, 2.05) is 13.8 Å². The molecule has 5 nitrogen and oxygen atoms in total. The number of esters is 1. The summed E-state index contributed by atoms with van der Waals surface area (Å²) < 4.78 is 5.05. The zero-order valence-corrected chi connectivity index (χ0v) is 13.9. The van der Waals surface area contributed by atoms with Crippen molar-refractivity contribution in [3.8, 4) is 0 Å². The molecule has 0 saturated heterocycles. The van der Waals surface area contributed by atoms with Crippen LogP contribution in [0.25, 0.3) is 0 Å². The molecule has 1 aromatic rings. The Bertz CT molecular complexity index is 511. The van der Waals surface area contributed by atoms with Crippen molar-refractivity contribution in [3.05, 3.63) is 16.0 Å². The third-order valence-corrected chi connectivity index (χ3v) is 4.43. The van der Waals surface area contributed by atoms with E-state index in [0.717, 1.165) is 23.3 Å². The van der Waals surface area contributed by atoms with Gasteiger partial charge in [-0.3, -0.25) is 4.79 Å². The highest BCUT2D eigenvalue weighted by atomic mass is 32.1. The number of ether oxygens (including phenoxy) is 1. The Hall–Kier alpha value is -1.40. The lowest BCUT2D eigenvalue weighted by Gasteiger charge is -2.12. The van der Waals surface area contributed by atoms with E-state index < -0.39 is 12.0 Å². The number of anilines is 1. The number of hydrogen-bond acceptors (Lipinski definition) is 5. The second-order valence-corrected chi connectivity index (χ2v) is 6.17. The first-order valence-corrected chi connectivity index (χ1v) is 8.07. The second kappa shape index (κ2) is 8.14. The van der Waals surface area contributed by atoms with Gasteiger partial charge < -0.3 is 15.8 Å². The predicted octanol–water partition coefficient (Wildman–Crippen LogP) is 3.00. The normalized spacial score (nSPS) is 12.0. The Morgan fingerprint density at radius 1 is 1.33 bits per heavy atom.